The van der Waals surface area contributed by atoms with Gasteiger partial charge in [0.05, 0.1) is 18.6 Å². The second-order valence-electron chi connectivity index (χ2n) is 8.84. The topological polar surface area (TPSA) is 74.3 Å². The molecule has 2 heterocycles. The number of thioether (sulfide) groups is 1. The lowest BCUT2D eigenvalue weighted by Gasteiger charge is -2.08. The van der Waals surface area contributed by atoms with Crippen molar-refractivity contribution in [3.8, 4) is 22.7 Å². The number of carbonyl (C=O) groups excluding carboxylic acids is 1. The molecule has 0 aliphatic heterocycles. The van der Waals surface area contributed by atoms with E-state index in [-0.39, 0.29) is 17.1 Å². The third-order valence-electron chi connectivity index (χ3n) is 6.44. The van der Waals surface area contributed by atoms with Gasteiger partial charge in [0, 0.05) is 27.9 Å². The summed E-state index contributed by atoms with van der Waals surface area (Å²) in [5.41, 5.74) is 2.30. The number of aromatic nitrogens is 2. The molecule has 0 fully saturated rings. The standard InChI is InChI=1S/C31H21ClN2O4S/c1-37-23-13-6-20(7-14-23)27-17-34(22-11-9-21(32)10-12-22)31(33-27)39-18-28(35)26-16-25-24-5-3-2-4-19(24)8-15-29(25)38-30(26)36/h2-17H,18H2,1H3. The summed E-state index contributed by atoms with van der Waals surface area (Å²) >= 11 is 7.36. The van der Waals surface area contributed by atoms with Crippen LogP contribution in [0.1, 0.15) is 10.4 Å². The summed E-state index contributed by atoms with van der Waals surface area (Å²) in [5.74, 6) is 0.423. The second kappa shape index (κ2) is 10.4. The zero-order valence-corrected chi connectivity index (χ0v) is 22.3. The van der Waals surface area contributed by atoms with Crippen LogP contribution in [0.2, 0.25) is 5.02 Å². The van der Waals surface area contributed by atoms with E-state index >= 15 is 0 Å². The molecule has 0 saturated carbocycles. The number of imidazole rings is 1. The van der Waals surface area contributed by atoms with E-state index in [4.69, 9.17) is 25.7 Å². The van der Waals surface area contributed by atoms with Gasteiger partial charge in [-0.15, -0.1) is 0 Å². The van der Waals surface area contributed by atoms with Crippen molar-refractivity contribution in [1.82, 2.24) is 9.55 Å². The molecule has 2 aromatic heterocycles. The summed E-state index contributed by atoms with van der Waals surface area (Å²) in [7, 11) is 1.62. The van der Waals surface area contributed by atoms with Crippen LogP contribution in [0, 0.1) is 0 Å². The van der Waals surface area contributed by atoms with Gasteiger partial charge in [0.15, 0.2) is 10.9 Å². The molecule has 0 bridgehead atoms. The summed E-state index contributed by atoms with van der Waals surface area (Å²) < 4.78 is 12.7. The molecule has 0 saturated heterocycles. The van der Waals surface area contributed by atoms with Crippen molar-refractivity contribution in [3.05, 3.63) is 118 Å². The minimum Gasteiger partial charge on any atom is -0.497 e. The average molecular weight is 553 g/mol. The number of benzene rings is 4. The van der Waals surface area contributed by atoms with Crippen LogP contribution in [-0.4, -0.2) is 28.2 Å². The number of ketones is 1. The van der Waals surface area contributed by atoms with Crippen LogP contribution in [0.5, 0.6) is 5.75 Å². The highest BCUT2D eigenvalue weighted by atomic mass is 35.5. The summed E-state index contributed by atoms with van der Waals surface area (Å²) in [4.78, 5) is 30.9. The third-order valence-corrected chi connectivity index (χ3v) is 7.64. The van der Waals surface area contributed by atoms with Crippen molar-refractivity contribution in [3.63, 3.8) is 0 Å². The van der Waals surface area contributed by atoms with E-state index in [0.29, 0.717) is 15.8 Å². The molecule has 6 nitrogen and oxygen atoms in total. The van der Waals surface area contributed by atoms with E-state index in [9.17, 15) is 9.59 Å². The zero-order valence-electron chi connectivity index (χ0n) is 20.8. The number of methoxy groups -OCH3 is 1. The zero-order chi connectivity index (χ0) is 26.9. The average Bonchev–Trinajstić information content (AvgIpc) is 3.40. The smallest absolute Gasteiger partial charge is 0.347 e. The molecule has 39 heavy (non-hydrogen) atoms. The Balaban J connectivity index is 1.34. The van der Waals surface area contributed by atoms with Gasteiger partial charge in [0.1, 0.15) is 16.9 Å². The highest BCUT2D eigenvalue weighted by Crippen LogP contribution is 2.30. The summed E-state index contributed by atoms with van der Waals surface area (Å²) in [6.45, 7) is 0. The summed E-state index contributed by atoms with van der Waals surface area (Å²) in [6, 6.07) is 28.1. The van der Waals surface area contributed by atoms with E-state index in [1.54, 1.807) is 31.4 Å². The number of nitrogens with zero attached hydrogens (tertiary/aromatic N) is 2. The largest absolute Gasteiger partial charge is 0.497 e. The van der Waals surface area contributed by atoms with Gasteiger partial charge < -0.3 is 9.15 Å². The molecule has 6 rings (SSSR count). The molecular weight excluding hydrogens is 532 g/mol. The fraction of sp³-hybridized carbons (Fsp3) is 0.0645. The Morgan fingerprint density at radius 1 is 0.974 bits per heavy atom. The molecule has 0 unspecified atom stereocenters. The van der Waals surface area contributed by atoms with Crippen LogP contribution in [0.15, 0.2) is 112 Å². The van der Waals surface area contributed by atoms with Crippen LogP contribution in [0.25, 0.3) is 38.7 Å². The van der Waals surface area contributed by atoms with Crippen molar-refractivity contribution < 1.29 is 13.9 Å². The van der Waals surface area contributed by atoms with Gasteiger partial charge in [-0.1, -0.05) is 53.7 Å². The van der Waals surface area contributed by atoms with Gasteiger partial charge >= 0.3 is 5.63 Å². The molecule has 0 amide bonds. The minimum absolute atomic E-state index is 0.00763. The fourth-order valence-electron chi connectivity index (χ4n) is 4.43. The first-order chi connectivity index (χ1) is 19.0. The molecule has 0 radical (unpaired) electrons. The Bertz CT molecular complexity index is 1890. The maximum Gasteiger partial charge on any atom is 0.347 e. The molecule has 0 spiro atoms. The van der Waals surface area contributed by atoms with Crippen LogP contribution >= 0.6 is 23.4 Å². The quantitative estimate of drug-likeness (QED) is 0.0887. The van der Waals surface area contributed by atoms with Gasteiger partial charge in [-0.3, -0.25) is 9.36 Å². The Labute approximate surface area is 232 Å². The lowest BCUT2D eigenvalue weighted by Crippen LogP contribution is -2.16. The van der Waals surface area contributed by atoms with Crippen molar-refractivity contribution in [2.24, 2.45) is 0 Å². The van der Waals surface area contributed by atoms with Crippen molar-refractivity contribution in [2.45, 2.75) is 5.16 Å². The van der Waals surface area contributed by atoms with Crippen LogP contribution in [0.4, 0.5) is 0 Å². The van der Waals surface area contributed by atoms with Crippen LogP contribution in [0.3, 0.4) is 0 Å². The highest BCUT2D eigenvalue weighted by Gasteiger charge is 2.18. The maximum atomic E-state index is 13.3. The van der Waals surface area contributed by atoms with Gasteiger partial charge in [-0.05, 0) is 71.4 Å². The normalized spacial score (nSPS) is 11.2. The van der Waals surface area contributed by atoms with Gasteiger partial charge in [-0.25, -0.2) is 9.78 Å². The molecule has 0 aliphatic carbocycles. The SMILES string of the molecule is COc1ccc(-c2cn(-c3ccc(Cl)cc3)c(SCC(=O)c3cc4c(ccc5ccccc54)oc3=O)n2)cc1. The monoisotopic (exact) mass is 552 g/mol. The van der Waals surface area contributed by atoms with E-state index in [1.807, 2.05) is 77.5 Å². The van der Waals surface area contributed by atoms with Gasteiger partial charge in [0.25, 0.3) is 0 Å². The number of ether oxygens (including phenoxy) is 1. The minimum atomic E-state index is -0.650. The van der Waals surface area contributed by atoms with E-state index in [0.717, 1.165) is 38.9 Å². The van der Waals surface area contributed by atoms with Crippen molar-refractivity contribution >= 4 is 50.9 Å². The number of fused-ring (bicyclic) bond motifs is 3. The van der Waals surface area contributed by atoms with Crippen molar-refractivity contribution in [1.29, 1.82) is 0 Å². The Morgan fingerprint density at radius 3 is 2.51 bits per heavy atom. The van der Waals surface area contributed by atoms with Crippen LogP contribution < -0.4 is 10.4 Å². The molecule has 192 valence electrons. The molecule has 8 heteroatoms. The molecule has 6 aromatic rings. The van der Waals surface area contributed by atoms with Crippen molar-refractivity contribution in [2.75, 3.05) is 12.9 Å². The first-order valence-corrected chi connectivity index (χ1v) is 13.5. The first-order valence-electron chi connectivity index (χ1n) is 12.1. The Hall–Kier alpha value is -4.33. The first kappa shape index (κ1) is 25.0. The number of rotatable bonds is 7. The number of hydrogen-bond acceptors (Lipinski definition) is 6. The van der Waals surface area contributed by atoms with Gasteiger partial charge in [-0.2, -0.15) is 0 Å². The lowest BCUT2D eigenvalue weighted by molar-refractivity contribution is 0.101. The molecule has 0 atom stereocenters. The maximum absolute atomic E-state index is 13.3. The number of halogens is 1. The Morgan fingerprint density at radius 2 is 1.74 bits per heavy atom. The molecule has 4 aromatic carbocycles. The van der Waals surface area contributed by atoms with E-state index in [2.05, 4.69) is 0 Å². The lowest BCUT2D eigenvalue weighted by atomic mass is 10.0. The number of carbonyl (C=O) groups is 1. The van der Waals surface area contributed by atoms with E-state index < -0.39 is 5.63 Å². The van der Waals surface area contributed by atoms with Crippen LogP contribution in [-0.2, 0) is 0 Å². The number of hydrogen-bond donors (Lipinski definition) is 0. The third kappa shape index (κ3) is 4.94. The summed E-state index contributed by atoms with van der Waals surface area (Å²) in [5, 5.41) is 3.87. The molecular formula is C31H21ClN2O4S. The fourth-order valence-corrected chi connectivity index (χ4v) is 5.43. The molecule has 0 N–H and O–H groups in total. The van der Waals surface area contributed by atoms with E-state index in [1.165, 1.54) is 11.8 Å². The van der Waals surface area contributed by atoms with Gasteiger partial charge in [0.2, 0.25) is 0 Å². The second-order valence-corrected chi connectivity index (χ2v) is 10.2. The Kier molecular flexibility index (Phi) is 6.69. The highest BCUT2D eigenvalue weighted by molar-refractivity contribution is 7.99. The molecule has 0 aliphatic rings. The predicted molar refractivity (Wildman–Crippen MR) is 156 cm³/mol. The predicted octanol–water partition coefficient (Wildman–Crippen LogP) is 7.44. The number of Topliss-reactive ketones (excluding diaryl/α,β-unsaturated/α-hetero) is 1. The summed E-state index contributed by atoms with van der Waals surface area (Å²) in [6.07, 6.45) is 1.91.